The lowest BCUT2D eigenvalue weighted by molar-refractivity contribution is -0.142. The van der Waals surface area contributed by atoms with Gasteiger partial charge in [0.25, 0.3) is 0 Å². The second-order valence-electron chi connectivity index (χ2n) is 4.57. The van der Waals surface area contributed by atoms with Crippen molar-refractivity contribution >= 4 is 5.97 Å². The van der Waals surface area contributed by atoms with Gasteiger partial charge in [0, 0.05) is 24.6 Å². The number of imidazole rings is 1. The third-order valence-electron chi connectivity index (χ3n) is 3.19. The lowest BCUT2D eigenvalue weighted by Crippen LogP contribution is -2.35. The van der Waals surface area contributed by atoms with Gasteiger partial charge in [0.05, 0.1) is 6.33 Å². The van der Waals surface area contributed by atoms with Crippen molar-refractivity contribution in [3.63, 3.8) is 0 Å². The van der Waals surface area contributed by atoms with Crippen LogP contribution in [0.1, 0.15) is 12.5 Å². The summed E-state index contributed by atoms with van der Waals surface area (Å²) >= 11 is 0. The van der Waals surface area contributed by atoms with E-state index in [1.807, 2.05) is 42.1 Å². The Kier molecular flexibility index (Phi) is 3.97. The number of benzene rings is 1. The van der Waals surface area contributed by atoms with E-state index >= 15 is 0 Å². The molecule has 100 valence electrons. The Bertz CT molecular complexity index is 534. The van der Waals surface area contributed by atoms with Gasteiger partial charge in [0.15, 0.2) is 0 Å². The molecular weight excluding hydrogens is 242 g/mol. The van der Waals surface area contributed by atoms with Crippen molar-refractivity contribution in [3.05, 3.63) is 48.5 Å². The topological polar surface area (TPSA) is 58.4 Å². The molecule has 0 aliphatic carbocycles. The van der Waals surface area contributed by atoms with Crippen LogP contribution in [-0.4, -0.2) is 38.6 Å². The molecule has 19 heavy (non-hydrogen) atoms. The number of carbonyl (C=O) groups is 1. The molecule has 1 aromatic carbocycles. The number of rotatable bonds is 5. The van der Waals surface area contributed by atoms with Gasteiger partial charge in [-0.2, -0.15) is 0 Å². The standard InChI is InChI=1S/C14H17N3O2/c1-11(14(18)19)16(2)9-12-3-5-13(6-4-12)17-8-7-15-10-17/h3-8,10-11H,9H2,1-2H3,(H,18,19). The van der Waals surface area contributed by atoms with E-state index in [0.29, 0.717) is 6.54 Å². The summed E-state index contributed by atoms with van der Waals surface area (Å²) in [5, 5.41) is 8.95. The molecule has 1 heterocycles. The average Bonchev–Trinajstić information content (AvgIpc) is 2.92. The molecule has 0 fully saturated rings. The maximum Gasteiger partial charge on any atom is 0.320 e. The molecule has 0 saturated heterocycles. The lowest BCUT2D eigenvalue weighted by atomic mass is 10.1. The van der Waals surface area contributed by atoms with Gasteiger partial charge in [-0.3, -0.25) is 9.69 Å². The Hall–Kier alpha value is -2.14. The van der Waals surface area contributed by atoms with Crippen molar-refractivity contribution < 1.29 is 9.90 Å². The van der Waals surface area contributed by atoms with Crippen LogP contribution in [0.2, 0.25) is 0 Å². The van der Waals surface area contributed by atoms with Crippen LogP contribution in [0.15, 0.2) is 43.0 Å². The number of nitrogens with zero attached hydrogens (tertiary/aromatic N) is 3. The monoisotopic (exact) mass is 259 g/mol. The van der Waals surface area contributed by atoms with Gasteiger partial charge in [0.2, 0.25) is 0 Å². The molecule has 0 bridgehead atoms. The second kappa shape index (κ2) is 5.67. The number of aromatic nitrogens is 2. The Labute approximate surface area is 112 Å². The quantitative estimate of drug-likeness (QED) is 0.889. The number of hydrogen-bond donors (Lipinski definition) is 1. The summed E-state index contributed by atoms with van der Waals surface area (Å²) in [5.41, 5.74) is 2.12. The van der Waals surface area contributed by atoms with E-state index in [0.717, 1.165) is 11.3 Å². The summed E-state index contributed by atoms with van der Waals surface area (Å²) in [6, 6.07) is 7.50. The summed E-state index contributed by atoms with van der Waals surface area (Å²) in [4.78, 5) is 16.7. The van der Waals surface area contributed by atoms with Crippen LogP contribution in [0.4, 0.5) is 0 Å². The predicted molar refractivity (Wildman–Crippen MR) is 72.1 cm³/mol. The van der Waals surface area contributed by atoms with E-state index in [1.54, 1.807) is 24.3 Å². The molecule has 0 saturated carbocycles. The fourth-order valence-corrected chi connectivity index (χ4v) is 1.80. The largest absolute Gasteiger partial charge is 0.480 e. The van der Waals surface area contributed by atoms with Crippen molar-refractivity contribution in [2.45, 2.75) is 19.5 Å². The van der Waals surface area contributed by atoms with Gasteiger partial charge in [-0.25, -0.2) is 4.98 Å². The van der Waals surface area contributed by atoms with Gasteiger partial charge >= 0.3 is 5.97 Å². The highest BCUT2D eigenvalue weighted by atomic mass is 16.4. The van der Waals surface area contributed by atoms with Crippen molar-refractivity contribution in [2.75, 3.05) is 7.05 Å². The zero-order valence-corrected chi connectivity index (χ0v) is 11.0. The number of aliphatic carboxylic acids is 1. The molecule has 2 aromatic rings. The molecule has 5 nitrogen and oxygen atoms in total. The first kappa shape index (κ1) is 13.3. The smallest absolute Gasteiger partial charge is 0.320 e. The molecular formula is C14H17N3O2. The molecule has 0 spiro atoms. The minimum absolute atomic E-state index is 0.492. The molecule has 1 atom stereocenters. The Morgan fingerprint density at radius 3 is 2.63 bits per heavy atom. The van der Waals surface area contributed by atoms with Crippen LogP contribution >= 0.6 is 0 Å². The molecule has 0 aliphatic rings. The van der Waals surface area contributed by atoms with Gasteiger partial charge < -0.3 is 9.67 Å². The van der Waals surface area contributed by atoms with Gasteiger partial charge in [-0.1, -0.05) is 12.1 Å². The van der Waals surface area contributed by atoms with Crippen LogP contribution in [0, 0.1) is 0 Å². The third kappa shape index (κ3) is 3.20. The first-order valence-electron chi connectivity index (χ1n) is 6.08. The van der Waals surface area contributed by atoms with Crippen LogP contribution in [-0.2, 0) is 11.3 Å². The summed E-state index contributed by atoms with van der Waals surface area (Å²) in [6.45, 7) is 2.29. The first-order chi connectivity index (χ1) is 9.08. The summed E-state index contributed by atoms with van der Waals surface area (Å²) in [6.07, 6.45) is 5.36. The van der Waals surface area contributed by atoms with E-state index in [-0.39, 0.29) is 0 Å². The summed E-state index contributed by atoms with van der Waals surface area (Å²) in [7, 11) is 1.81. The number of likely N-dealkylation sites (N-methyl/N-ethyl adjacent to an activating group) is 1. The average molecular weight is 259 g/mol. The zero-order valence-electron chi connectivity index (χ0n) is 11.0. The summed E-state index contributed by atoms with van der Waals surface area (Å²) < 4.78 is 1.92. The molecule has 2 rings (SSSR count). The van der Waals surface area contributed by atoms with Crippen LogP contribution < -0.4 is 0 Å². The molecule has 1 aromatic heterocycles. The Morgan fingerprint density at radius 2 is 2.11 bits per heavy atom. The maximum absolute atomic E-state index is 10.9. The van der Waals surface area contributed by atoms with Crippen molar-refractivity contribution in [1.29, 1.82) is 0 Å². The van der Waals surface area contributed by atoms with Crippen LogP contribution in [0.25, 0.3) is 5.69 Å². The molecule has 5 heteroatoms. The van der Waals surface area contributed by atoms with Crippen molar-refractivity contribution in [3.8, 4) is 5.69 Å². The van der Waals surface area contributed by atoms with Crippen molar-refractivity contribution in [1.82, 2.24) is 14.5 Å². The van der Waals surface area contributed by atoms with Crippen molar-refractivity contribution in [2.24, 2.45) is 0 Å². The summed E-state index contributed by atoms with van der Waals surface area (Å²) in [5.74, 6) is -0.808. The molecule has 0 amide bonds. The van der Waals surface area contributed by atoms with E-state index in [2.05, 4.69) is 4.98 Å². The molecule has 0 radical (unpaired) electrons. The fraction of sp³-hybridized carbons (Fsp3) is 0.286. The molecule has 1 N–H and O–H groups in total. The Balaban J connectivity index is 2.05. The number of hydrogen-bond acceptors (Lipinski definition) is 3. The maximum atomic E-state index is 10.9. The third-order valence-corrected chi connectivity index (χ3v) is 3.19. The van der Waals surface area contributed by atoms with Gasteiger partial charge in [-0.15, -0.1) is 0 Å². The normalized spacial score (nSPS) is 12.6. The van der Waals surface area contributed by atoms with Crippen LogP contribution in [0.3, 0.4) is 0 Å². The minimum atomic E-state index is -0.808. The second-order valence-corrected chi connectivity index (χ2v) is 4.57. The first-order valence-corrected chi connectivity index (χ1v) is 6.08. The fourth-order valence-electron chi connectivity index (χ4n) is 1.80. The Morgan fingerprint density at radius 1 is 1.42 bits per heavy atom. The number of carboxylic acid groups (broad SMARTS) is 1. The van der Waals surface area contributed by atoms with Crippen LogP contribution in [0.5, 0.6) is 0 Å². The highest BCUT2D eigenvalue weighted by Gasteiger charge is 2.16. The van der Waals surface area contributed by atoms with E-state index in [9.17, 15) is 4.79 Å². The molecule has 1 unspecified atom stereocenters. The highest BCUT2D eigenvalue weighted by molar-refractivity contribution is 5.72. The van der Waals surface area contributed by atoms with E-state index in [4.69, 9.17) is 5.11 Å². The van der Waals surface area contributed by atoms with Gasteiger partial charge in [-0.05, 0) is 31.7 Å². The van der Waals surface area contributed by atoms with E-state index in [1.165, 1.54) is 0 Å². The van der Waals surface area contributed by atoms with E-state index < -0.39 is 12.0 Å². The SMILES string of the molecule is CC(C(=O)O)N(C)Cc1ccc(-n2ccnc2)cc1. The van der Waals surface area contributed by atoms with Gasteiger partial charge in [0.1, 0.15) is 6.04 Å². The molecule has 0 aliphatic heterocycles. The highest BCUT2D eigenvalue weighted by Crippen LogP contribution is 2.11. The number of carboxylic acids is 1. The minimum Gasteiger partial charge on any atom is -0.480 e. The predicted octanol–water partition coefficient (Wildman–Crippen LogP) is 1.78. The zero-order chi connectivity index (χ0) is 13.8. The lowest BCUT2D eigenvalue weighted by Gasteiger charge is -2.21.